The van der Waals surface area contributed by atoms with Gasteiger partial charge in [-0.25, -0.2) is 4.79 Å². The number of hydrogen-bond acceptors (Lipinski definition) is 6. The summed E-state index contributed by atoms with van der Waals surface area (Å²) in [6.45, 7) is 4.85. The molecule has 4 rings (SSSR count). The normalized spacial score (nSPS) is 14.2. The molecule has 3 aromatic rings. The molecule has 188 valence electrons. The van der Waals surface area contributed by atoms with Crippen LogP contribution in [0.4, 0.5) is 5.69 Å². The lowest BCUT2D eigenvalue weighted by molar-refractivity contribution is -0.112. The summed E-state index contributed by atoms with van der Waals surface area (Å²) in [7, 11) is 0. The number of nitriles is 1. The van der Waals surface area contributed by atoms with Crippen molar-refractivity contribution in [1.82, 2.24) is 9.80 Å². The summed E-state index contributed by atoms with van der Waals surface area (Å²) in [5.74, 6) is -1.09. The minimum atomic E-state index is -0.562. The van der Waals surface area contributed by atoms with Crippen LogP contribution in [-0.2, 0) is 9.53 Å². The van der Waals surface area contributed by atoms with Crippen LogP contribution < -0.4 is 5.32 Å². The summed E-state index contributed by atoms with van der Waals surface area (Å²) in [5.41, 5.74) is 3.00. The average Bonchev–Trinajstić information content (AvgIpc) is 2.94. The smallest absolute Gasteiger partial charge is 0.340 e. The molecular formula is C30H30N4O3. The Hall–Kier alpha value is -4.41. The van der Waals surface area contributed by atoms with E-state index in [9.17, 15) is 14.9 Å². The molecule has 0 saturated carbocycles. The van der Waals surface area contributed by atoms with Gasteiger partial charge in [-0.05, 0) is 30.2 Å². The summed E-state index contributed by atoms with van der Waals surface area (Å²) in [5, 5.41) is 12.4. The Balaban J connectivity index is 1.45. The number of hydrogen-bond donors (Lipinski definition) is 1. The third-order valence-corrected chi connectivity index (χ3v) is 6.29. The topological polar surface area (TPSA) is 85.7 Å². The second kappa shape index (κ2) is 12.5. The zero-order valence-corrected chi connectivity index (χ0v) is 20.8. The maximum atomic E-state index is 12.9. The number of ether oxygens (including phenoxy) is 1. The number of esters is 1. The molecule has 0 spiro atoms. The van der Waals surface area contributed by atoms with Crippen LogP contribution in [0.15, 0.2) is 96.7 Å². The van der Waals surface area contributed by atoms with Crippen molar-refractivity contribution in [3.05, 3.63) is 113 Å². The first-order valence-electron chi connectivity index (χ1n) is 12.4. The Labute approximate surface area is 217 Å². The first kappa shape index (κ1) is 25.7. The molecule has 1 fully saturated rings. The van der Waals surface area contributed by atoms with Gasteiger partial charge in [-0.3, -0.25) is 9.69 Å². The van der Waals surface area contributed by atoms with Crippen molar-refractivity contribution in [3.8, 4) is 6.07 Å². The molecule has 1 aliphatic rings. The summed E-state index contributed by atoms with van der Waals surface area (Å²) in [6.07, 6.45) is 1.61. The molecule has 0 atom stereocenters. The maximum Gasteiger partial charge on any atom is 0.340 e. The van der Waals surface area contributed by atoms with E-state index in [4.69, 9.17) is 4.74 Å². The van der Waals surface area contributed by atoms with Gasteiger partial charge in [0.2, 0.25) is 0 Å². The number of piperazine rings is 1. The van der Waals surface area contributed by atoms with Crippen molar-refractivity contribution >= 4 is 17.6 Å². The van der Waals surface area contributed by atoms with E-state index in [1.54, 1.807) is 37.4 Å². The first-order valence-corrected chi connectivity index (χ1v) is 12.4. The molecule has 7 heteroatoms. The second-order valence-electron chi connectivity index (χ2n) is 8.67. The Morgan fingerprint density at radius 3 is 2.05 bits per heavy atom. The van der Waals surface area contributed by atoms with Gasteiger partial charge in [-0.2, -0.15) is 5.26 Å². The van der Waals surface area contributed by atoms with E-state index in [0.717, 1.165) is 13.1 Å². The Morgan fingerprint density at radius 2 is 1.49 bits per heavy atom. The number of nitrogens with zero attached hydrogens (tertiary/aromatic N) is 3. The van der Waals surface area contributed by atoms with Gasteiger partial charge in [-0.1, -0.05) is 72.8 Å². The van der Waals surface area contributed by atoms with Crippen LogP contribution in [0, 0.1) is 11.3 Å². The SMILES string of the molecule is CCOC(=O)c1ccccc1NC(=O)/C(C#N)=C\N1CCN(C(c2ccccc2)c2ccccc2)CC1. The van der Waals surface area contributed by atoms with Crippen molar-refractivity contribution in [2.75, 3.05) is 38.1 Å². The number of nitrogens with one attached hydrogen (secondary N) is 1. The van der Waals surface area contributed by atoms with Crippen LogP contribution in [0.25, 0.3) is 0 Å². The van der Waals surface area contributed by atoms with Gasteiger partial charge in [0.25, 0.3) is 5.91 Å². The van der Waals surface area contributed by atoms with Crippen LogP contribution in [-0.4, -0.2) is 54.5 Å². The highest BCUT2D eigenvalue weighted by Gasteiger charge is 2.26. The molecule has 7 nitrogen and oxygen atoms in total. The van der Waals surface area contributed by atoms with E-state index in [1.807, 2.05) is 23.1 Å². The maximum absolute atomic E-state index is 12.9. The Morgan fingerprint density at radius 1 is 0.919 bits per heavy atom. The highest BCUT2D eigenvalue weighted by molar-refractivity contribution is 6.09. The van der Waals surface area contributed by atoms with Crippen LogP contribution in [0.3, 0.4) is 0 Å². The lowest BCUT2D eigenvalue weighted by Gasteiger charge is -2.39. The van der Waals surface area contributed by atoms with Gasteiger partial charge in [-0.15, -0.1) is 0 Å². The molecule has 0 aromatic heterocycles. The first-order chi connectivity index (χ1) is 18.1. The van der Waals surface area contributed by atoms with Crippen LogP contribution >= 0.6 is 0 Å². The minimum absolute atomic E-state index is 0.0187. The number of para-hydroxylation sites is 1. The molecule has 0 bridgehead atoms. The Bertz CT molecular complexity index is 1240. The predicted octanol–water partition coefficient (Wildman–Crippen LogP) is 4.62. The summed E-state index contributed by atoms with van der Waals surface area (Å²) >= 11 is 0. The molecule has 1 amide bonds. The van der Waals surface area contributed by atoms with Crippen molar-refractivity contribution < 1.29 is 14.3 Å². The van der Waals surface area contributed by atoms with Gasteiger partial charge in [0.1, 0.15) is 11.6 Å². The van der Waals surface area contributed by atoms with Gasteiger partial charge < -0.3 is 15.0 Å². The number of anilines is 1. The van der Waals surface area contributed by atoms with Crippen molar-refractivity contribution in [1.29, 1.82) is 5.26 Å². The van der Waals surface area contributed by atoms with Crippen molar-refractivity contribution in [2.24, 2.45) is 0 Å². The lowest BCUT2D eigenvalue weighted by Crippen LogP contribution is -2.46. The number of benzene rings is 3. The third-order valence-electron chi connectivity index (χ3n) is 6.29. The van der Waals surface area contributed by atoms with Gasteiger partial charge >= 0.3 is 5.97 Å². The quantitative estimate of drug-likeness (QED) is 0.280. The Kier molecular flexibility index (Phi) is 8.69. The van der Waals surface area contributed by atoms with Gasteiger partial charge in [0.15, 0.2) is 0 Å². The largest absolute Gasteiger partial charge is 0.462 e. The van der Waals surface area contributed by atoms with Crippen LogP contribution in [0.2, 0.25) is 0 Å². The van der Waals surface area contributed by atoms with Crippen LogP contribution in [0.5, 0.6) is 0 Å². The minimum Gasteiger partial charge on any atom is -0.462 e. The predicted molar refractivity (Wildman–Crippen MR) is 143 cm³/mol. The van der Waals surface area contributed by atoms with Crippen LogP contribution in [0.1, 0.15) is 34.5 Å². The average molecular weight is 495 g/mol. The lowest BCUT2D eigenvalue weighted by atomic mass is 9.96. The monoisotopic (exact) mass is 494 g/mol. The number of rotatable bonds is 8. The van der Waals surface area contributed by atoms with Crippen molar-refractivity contribution in [2.45, 2.75) is 13.0 Å². The van der Waals surface area contributed by atoms with E-state index in [1.165, 1.54) is 11.1 Å². The molecule has 0 unspecified atom stereocenters. The van der Waals surface area contributed by atoms with E-state index in [2.05, 4.69) is 58.7 Å². The number of amides is 1. The summed E-state index contributed by atoms with van der Waals surface area (Å²) in [6, 6.07) is 29.6. The highest BCUT2D eigenvalue weighted by atomic mass is 16.5. The molecular weight excluding hydrogens is 464 g/mol. The number of carbonyl (C=O) groups is 2. The number of carbonyl (C=O) groups excluding carboxylic acids is 2. The van der Waals surface area contributed by atoms with E-state index < -0.39 is 11.9 Å². The summed E-state index contributed by atoms with van der Waals surface area (Å²) < 4.78 is 5.07. The summed E-state index contributed by atoms with van der Waals surface area (Å²) in [4.78, 5) is 29.6. The zero-order valence-electron chi connectivity index (χ0n) is 20.8. The fourth-order valence-corrected chi connectivity index (χ4v) is 4.50. The van der Waals surface area contributed by atoms with E-state index >= 15 is 0 Å². The standard InChI is InChI=1S/C30H30N4O3/c1-2-37-30(36)26-15-9-10-16-27(26)32-29(35)25(21-31)22-33-17-19-34(20-18-33)28(23-11-5-3-6-12-23)24-13-7-4-8-14-24/h3-16,22,28H,2,17-20H2,1H3,(H,32,35)/b25-22-. The molecule has 1 heterocycles. The molecule has 1 N–H and O–H groups in total. The molecule has 37 heavy (non-hydrogen) atoms. The van der Waals surface area contributed by atoms with Gasteiger partial charge in [0, 0.05) is 32.4 Å². The third kappa shape index (κ3) is 6.43. The molecule has 1 saturated heterocycles. The van der Waals surface area contributed by atoms with Crippen molar-refractivity contribution in [3.63, 3.8) is 0 Å². The molecule has 1 aliphatic heterocycles. The molecule has 0 aliphatic carbocycles. The van der Waals surface area contributed by atoms with E-state index in [0.29, 0.717) is 18.8 Å². The highest BCUT2D eigenvalue weighted by Crippen LogP contribution is 2.29. The molecule has 3 aromatic carbocycles. The molecule has 0 radical (unpaired) electrons. The fourth-order valence-electron chi connectivity index (χ4n) is 4.50. The fraction of sp³-hybridized carbons (Fsp3) is 0.233. The van der Waals surface area contributed by atoms with E-state index in [-0.39, 0.29) is 23.8 Å². The van der Waals surface area contributed by atoms with Gasteiger partial charge in [0.05, 0.1) is 23.9 Å². The second-order valence-corrected chi connectivity index (χ2v) is 8.67. The zero-order chi connectivity index (χ0) is 26.0.